The van der Waals surface area contributed by atoms with Gasteiger partial charge in [-0.3, -0.25) is 0 Å². The zero-order valence-electron chi connectivity index (χ0n) is 12.3. The highest BCUT2D eigenvalue weighted by Crippen LogP contribution is 2.44. The second-order valence-corrected chi connectivity index (χ2v) is 6.29. The fraction of sp³-hybridized carbons (Fsp3) is 0.300. The second-order valence-electron chi connectivity index (χ2n) is 6.29. The lowest BCUT2D eigenvalue weighted by molar-refractivity contribution is 0.505. The van der Waals surface area contributed by atoms with E-state index in [-0.39, 0.29) is 0 Å². The molecule has 0 radical (unpaired) electrons. The van der Waals surface area contributed by atoms with Crippen molar-refractivity contribution in [2.45, 2.75) is 25.7 Å². The molecule has 0 bridgehead atoms. The van der Waals surface area contributed by atoms with Gasteiger partial charge in [0.25, 0.3) is 0 Å². The zero-order chi connectivity index (χ0) is 14.2. The summed E-state index contributed by atoms with van der Waals surface area (Å²) >= 11 is 0. The highest BCUT2D eigenvalue weighted by molar-refractivity contribution is 5.94. The lowest BCUT2D eigenvalue weighted by Gasteiger charge is -2.27. The van der Waals surface area contributed by atoms with Gasteiger partial charge in [0.1, 0.15) is 0 Å². The monoisotopic (exact) mass is 275 g/mol. The zero-order valence-corrected chi connectivity index (χ0v) is 12.3. The van der Waals surface area contributed by atoms with E-state index >= 15 is 0 Å². The first-order valence-electron chi connectivity index (χ1n) is 7.95. The third kappa shape index (κ3) is 2.13. The molecule has 0 aliphatic heterocycles. The first kappa shape index (κ1) is 12.8. The van der Waals surface area contributed by atoms with E-state index in [1.807, 2.05) is 0 Å². The summed E-state index contributed by atoms with van der Waals surface area (Å²) in [4.78, 5) is 0. The predicted octanol–water partition coefficient (Wildman–Crippen LogP) is 4.26. The molecule has 1 unspecified atom stereocenters. The summed E-state index contributed by atoms with van der Waals surface area (Å²) in [6.45, 7) is 0.806. The molecule has 1 atom stereocenters. The Morgan fingerprint density at radius 3 is 2.14 bits per heavy atom. The van der Waals surface area contributed by atoms with Gasteiger partial charge in [-0.2, -0.15) is 0 Å². The van der Waals surface area contributed by atoms with Gasteiger partial charge in [-0.15, -0.1) is 0 Å². The van der Waals surface area contributed by atoms with Crippen LogP contribution in [0, 0.1) is 5.92 Å². The molecule has 2 N–H and O–H groups in total. The van der Waals surface area contributed by atoms with Crippen LogP contribution in [0.4, 0.5) is 0 Å². The Bertz CT molecular complexity index is 711. The Labute approximate surface area is 126 Å². The summed E-state index contributed by atoms with van der Waals surface area (Å²) < 4.78 is 0. The predicted molar refractivity (Wildman–Crippen MR) is 88.9 cm³/mol. The van der Waals surface area contributed by atoms with Gasteiger partial charge < -0.3 is 5.73 Å². The first-order chi connectivity index (χ1) is 10.4. The maximum atomic E-state index is 5.96. The SMILES string of the molecule is NCC1CCC2=C(C1)c1ccccc1Cc1ccccc12. The third-order valence-corrected chi connectivity index (χ3v) is 5.06. The van der Waals surface area contributed by atoms with E-state index in [4.69, 9.17) is 5.73 Å². The van der Waals surface area contributed by atoms with Crippen LogP contribution in [-0.4, -0.2) is 6.54 Å². The molecule has 0 aromatic heterocycles. The van der Waals surface area contributed by atoms with Crippen molar-refractivity contribution in [1.29, 1.82) is 0 Å². The van der Waals surface area contributed by atoms with Crippen LogP contribution in [0.15, 0.2) is 48.5 Å². The maximum Gasteiger partial charge on any atom is -0.00137 e. The van der Waals surface area contributed by atoms with E-state index in [0.717, 1.165) is 19.4 Å². The van der Waals surface area contributed by atoms with Gasteiger partial charge >= 0.3 is 0 Å². The van der Waals surface area contributed by atoms with Crippen LogP contribution < -0.4 is 5.73 Å². The Balaban J connectivity index is 1.96. The molecule has 2 aromatic carbocycles. The molecule has 0 heterocycles. The largest absolute Gasteiger partial charge is 0.330 e. The first-order valence-corrected chi connectivity index (χ1v) is 7.95. The Morgan fingerprint density at radius 2 is 1.48 bits per heavy atom. The van der Waals surface area contributed by atoms with Gasteiger partial charge in [-0.1, -0.05) is 48.5 Å². The van der Waals surface area contributed by atoms with Crippen LogP contribution in [0.3, 0.4) is 0 Å². The summed E-state index contributed by atoms with van der Waals surface area (Å²) in [5.41, 5.74) is 14.9. The summed E-state index contributed by atoms with van der Waals surface area (Å²) in [5, 5.41) is 0. The third-order valence-electron chi connectivity index (χ3n) is 5.06. The molecule has 1 heteroatoms. The highest BCUT2D eigenvalue weighted by Gasteiger charge is 2.26. The summed E-state index contributed by atoms with van der Waals surface area (Å²) in [5.74, 6) is 0.641. The standard InChI is InChI=1S/C20H21N/c21-13-14-9-10-19-17-7-3-1-5-15(17)12-16-6-2-4-8-18(16)20(19)11-14/h1-8,14H,9-13,21H2. The van der Waals surface area contributed by atoms with Crippen LogP contribution in [0.5, 0.6) is 0 Å². The molecule has 21 heavy (non-hydrogen) atoms. The van der Waals surface area contributed by atoms with E-state index < -0.39 is 0 Å². The minimum Gasteiger partial charge on any atom is -0.330 e. The quantitative estimate of drug-likeness (QED) is 0.826. The van der Waals surface area contributed by atoms with Crippen LogP contribution in [0.2, 0.25) is 0 Å². The number of fused-ring (bicyclic) bond motifs is 4. The lowest BCUT2D eigenvalue weighted by atomic mass is 9.78. The molecular weight excluding hydrogens is 254 g/mol. The molecular formula is C20H21N. The van der Waals surface area contributed by atoms with Crippen molar-refractivity contribution >= 4 is 11.1 Å². The van der Waals surface area contributed by atoms with E-state index in [2.05, 4.69) is 48.5 Å². The molecule has 1 nitrogen and oxygen atoms in total. The maximum absolute atomic E-state index is 5.96. The molecule has 2 aromatic rings. The van der Waals surface area contributed by atoms with Gasteiger partial charge in [-0.25, -0.2) is 0 Å². The molecule has 4 rings (SSSR count). The van der Waals surface area contributed by atoms with Crippen molar-refractivity contribution in [2.24, 2.45) is 11.7 Å². The van der Waals surface area contributed by atoms with Gasteiger partial charge in [0.2, 0.25) is 0 Å². The van der Waals surface area contributed by atoms with Crippen LogP contribution in [0.25, 0.3) is 11.1 Å². The molecule has 0 saturated carbocycles. The number of hydrogen-bond donors (Lipinski definition) is 1. The highest BCUT2D eigenvalue weighted by atomic mass is 14.6. The lowest BCUT2D eigenvalue weighted by Crippen LogP contribution is -2.18. The summed E-state index contributed by atoms with van der Waals surface area (Å²) in [6.07, 6.45) is 4.58. The van der Waals surface area contributed by atoms with Crippen LogP contribution >= 0.6 is 0 Å². The van der Waals surface area contributed by atoms with Crippen molar-refractivity contribution in [3.63, 3.8) is 0 Å². The van der Waals surface area contributed by atoms with E-state index in [1.54, 1.807) is 11.1 Å². The van der Waals surface area contributed by atoms with Crippen molar-refractivity contribution in [1.82, 2.24) is 0 Å². The molecule has 0 fully saturated rings. The number of allylic oxidation sites excluding steroid dienone is 2. The van der Waals surface area contributed by atoms with Crippen molar-refractivity contribution < 1.29 is 0 Å². The molecule has 2 aliphatic rings. The fourth-order valence-electron chi connectivity index (χ4n) is 3.93. The van der Waals surface area contributed by atoms with Crippen molar-refractivity contribution in [3.05, 3.63) is 70.8 Å². The second kappa shape index (κ2) is 5.16. The Morgan fingerprint density at radius 1 is 0.857 bits per heavy atom. The average molecular weight is 275 g/mol. The van der Waals surface area contributed by atoms with E-state index in [0.29, 0.717) is 5.92 Å². The van der Waals surface area contributed by atoms with E-state index in [9.17, 15) is 0 Å². The topological polar surface area (TPSA) is 26.0 Å². The summed E-state index contributed by atoms with van der Waals surface area (Å²) in [6, 6.07) is 17.9. The van der Waals surface area contributed by atoms with E-state index in [1.165, 1.54) is 35.1 Å². The fourth-order valence-corrected chi connectivity index (χ4v) is 3.93. The molecule has 0 saturated heterocycles. The average Bonchev–Trinajstić information content (AvgIpc) is 2.69. The number of nitrogens with two attached hydrogens (primary N) is 1. The van der Waals surface area contributed by atoms with Gasteiger partial charge in [0, 0.05) is 0 Å². The number of rotatable bonds is 1. The smallest absolute Gasteiger partial charge is 0.00137 e. The van der Waals surface area contributed by atoms with Gasteiger partial charge in [0.05, 0.1) is 0 Å². The number of hydrogen-bond acceptors (Lipinski definition) is 1. The van der Waals surface area contributed by atoms with Crippen molar-refractivity contribution in [2.75, 3.05) is 6.54 Å². The normalized spacial score (nSPS) is 20.3. The molecule has 106 valence electrons. The Kier molecular flexibility index (Phi) is 3.16. The van der Waals surface area contributed by atoms with Gasteiger partial charge in [0.15, 0.2) is 0 Å². The minimum atomic E-state index is 0.641. The molecule has 2 aliphatic carbocycles. The van der Waals surface area contributed by atoms with Crippen LogP contribution in [0.1, 0.15) is 41.5 Å². The van der Waals surface area contributed by atoms with Crippen LogP contribution in [-0.2, 0) is 6.42 Å². The Hall–Kier alpha value is -1.86. The van der Waals surface area contributed by atoms with Gasteiger partial charge in [-0.05, 0) is 71.5 Å². The molecule has 0 amide bonds. The molecule has 0 spiro atoms. The number of benzene rings is 2. The minimum absolute atomic E-state index is 0.641. The van der Waals surface area contributed by atoms with Crippen molar-refractivity contribution in [3.8, 4) is 0 Å². The summed E-state index contributed by atoms with van der Waals surface area (Å²) in [7, 11) is 0.